The molecule has 0 aliphatic rings. The number of ether oxygens (including phenoxy) is 12. The van der Waals surface area contributed by atoms with Gasteiger partial charge in [0, 0.05) is 0 Å². The summed E-state index contributed by atoms with van der Waals surface area (Å²) in [5, 5.41) is -36.9. The third kappa shape index (κ3) is 58.3. The summed E-state index contributed by atoms with van der Waals surface area (Å²) >= 11 is 0. The molecule has 0 heterocycles. The van der Waals surface area contributed by atoms with Gasteiger partial charge in [0.15, 0.2) is 84.0 Å². The van der Waals surface area contributed by atoms with E-state index in [9.17, 15) is 223 Å². The number of alkyl halides is 18. The smallest absolute Gasteiger partial charge is 0.433 e. The Kier molecular flexibility index (Phi) is 80.6. The minimum absolute atomic E-state index is 0. The van der Waals surface area contributed by atoms with Crippen LogP contribution >= 0.6 is 0 Å². The van der Waals surface area contributed by atoms with Crippen molar-refractivity contribution in [2.75, 3.05) is 72.9 Å². The molecule has 0 aromatic rings. The van der Waals surface area contributed by atoms with Crippen LogP contribution in [-0.4, -0.2) is 278 Å². The number of rotatable bonds is 50. The number of hydrogen-bond donors (Lipinski definition) is 0. The highest BCUT2D eigenvalue weighted by Gasteiger charge is 2.64. The van der Waals surface area contributed by atoms with Crippen molar-refractivity contribution in [3.8, 4) is 0 Å². The zero-order chi connectivity index (χ0) is 107. The summed E-state index contributed by atoms with van der Waals surface area (Å²) < 4.78 is 489. The molecular weight excluding hydrogens is 2120 g/mol. The zero-order valence-electron chi connectivity index (χ0n) is 72.1. The van der Waals surface area contributed by atoms with Gasteiger partial charge in [0.05, 0.1) is 74.0 Å². The molecule has 0 spiro atoms. The lowest BCUT2D eigenvalue weighted by molar-refractivity contribution is -0.320. The second-order valence-corrected chi connectivity index (χ2v) is 36.8. The van der Waals surface area contributed by atoms with E-state index >= 15 is 0 Å². The van der Waals surface area contributed by atoms with Crippen LogP contribution < -0.4 is 0 Å². The van der Waals surface area contributed by atoms with Crippen molar-refractivity contribution in [1.82, 2.24) is 0 Å². The third-order valence-corrected chi connectivity index (χ3v) is 21.7. The van der Waals surface area contributed by atoms with Gasteiger partial charge in [-0.3, -0.25) is 33.6 Å². The van der Waals surface area contributed by atoms with Crippen molar-refractivity contribution in [2.24, 2.45) is 40.9 Å². The largest absolute Gasteiger partial charge is 0.743 e. The molecule has 846 valence electrons. The van der Waals surface area contributed by atoms with Crippen LogP contribution in [-0.2, 0) is 180 Å². The molecule has 0 aliphatic carbocycles. The first-order chi connectivity index (χ1) is 59.3. The Labute approximate surface area is 801 Å². The third-order valence-electron chi connectivity index (χ3n) is 15.9. The minimum Gasteiger partial charge on any atom is -0.743 e. The Hall–Kier alpha value is -7.76. The summed E-state index contributed by atoms with van der Waals surface area (Å²) in [5.74, 6) is -23.4. The zero-order valence-corrected chi connectivity index (χ0v) is 77.9. The van der Waals surface area contributed by atoms with E-state index in [2.05, 4.69) is 47.4 Å². The molecule has 0 bridgehead atoms. The summed E-state index contributed by atoms with van der Waals surface area (Å²) in [6, 6.07) is 0. The molecule has 0 fully saturated rings. The Morgan fingerprint density at radius 2 is 0.464 bits per heavy atom. The molecule has 69 heteroatoms. The number of carbonyl (C=O) groups is 11. The van der Waals surface area contributed by atoms with Gasteiger partial charge in [-0.1, -0.05) is 142 Å². The average molecular weight is 2250 g/mol. The van der Waals surface area contributed by atoms with Crippen molar-refractivity contribution in [3.63, 3.8) is 0 Å². The van der Waals surface area contributed by atoms with Crippen LogP contribution in [0.1, 0.15) is 226 Å². The van der Waals surface area contributed by atoms with Gasteiger partial charge in [-0.15, -0.1) is 0 Å². The summed E-state index contributed by atoms with van der Waals surface area (Å²) in [7, 11) is -43.5. The van der Waals surface area contributed by atoms with Gasteiger partial charge in [-0.25, -0.2) is 78.1 Å². The molecule has 0 saturated carbocycles. The first-order valence-electron chi connectivity index (χ1n) is 36.9. The van der Waals surface area contributed by atoms with E-state index in [1.807, 2.05) is 13.8 Å². The van der Waals surface area contributed by atoms with Gasteiger partial charge < -0.3 is 88.7 Å². The van der Waals surface area contributed by atoms with Crippen LogP contribution in [0.25, 0.3) is 0 Å². The molecular formula is C71H123F18O44S7-7. The van der Waals surface area contributed by atoms with Crippen molar-refractivity contribution < 1.29 is 279 Å². The monoisotopic (exact) mass is 2250 g/mol. The Balaban J connectivity index is -0.000000110. The Morgan fingerprint density at radius 3 is 0.707 bits per heavy atom. The lowest BCUT2D eigenvalue weighted by atomic mass is 9.91. The number of esters is 11. The summed E-state index contributed by atoms with van der Waals surface area (Å²) in [5.41, 5.74) is -0.628. The maximum atomic E-state index is 12.8. The van der Waals surface area contributed by atoms with E-state index < -0.39 is 280 Å². The molecule has 0 rings (SSSR count). The van der Waals surface area contributed by atoms with Crippen LogP contribution in [0.3, 0.4) is 0 Å². The predicted molar refractivity (Wildman–Crippen MR) is 440 cm³/mol. The first-order valence-corrected chi connectivity index (χ1v) is 46.8. The average Bonchev–Trinajstić information content (AvgIpc) is 0.775. The lowest BCUT2D eigenvalue weighted by Gasteiger charge is -2.28. The van der Waals surface area contributed by atoms with E-state index in [1.165, 1.54) is 34.6 Å². The summed E-state index contributed by atoms with van der Waals surface area (Å²) in [6.07, 6.45) is -1.76. The fourth-order valence-corrected chi connectivity index (χ4v) is 7.66. The van der Waals surface area contributed by atoms with Crippen LogP contribution in [0, 0.1) is 40.9 Å². The molecule has 6 atom stereocenters. The standard InChI is InChI=1S/C12H20F2O7S.C11H18F2O7S.C9H14F4O6S.C9H14F2O7S.C8H12F4O5S.C8H12F2O7S.C7H12F2O5S.7CH4/c1-4-11(2,3)9(15)20-7-5-6-8-21-10(16)12(13,14)22(17,18)19;1-3-8(2)9(14)19-6-4-5-7-20-10(15)11(12,13)21(16,17)18;1-3-6(2)7(14)18-4-5-19-8(10,11)9(12,13)20(15,16)17;1-3-6(2)7(12)17-4-5-18-8(13)9(10,11)19(14,15)16;1-3-5(2)6(13)17-4-7(9,10)8(11,12)18(14,15)16;1-3-5(2)6(11)16-4-17-7(12)8(9,10)18(13,14)15;1-3-5(2)6(10)14-4-7(8,9)15(11,12)13;;;;;;;/h4-8H2,1-3H3,(H,17,18,19);8H,3-7H2,1-2H3,(H,16,17,18);6H,3-5H2,1-2H3,(H,15,16,17);6H,3-5H2,1-2H3,(H,14,15,16);5H,3-4H2,1-2H3,(H,14,15,16);5H,3-4H2,1-2H3,(H,13,14,15);5H,3-4H2,1-2H3,(H,11,12,13);7*1H4/p-7. The van der Waals surface area contributed by atoms with E-state index in [0.717, 1.165) is 0 Å². The molecule has 140 heavy (non-hydrogen) atoms. The van der Waals surface area contributed by atoms with E-state index in [1.54, 1.807) is 55.4 Å². The van der Waals surface area contributed by atoms with Gasteiger partial charge in [-0.2, -0.15) is 79.0 Å². The van der Waals surface area contributed by atoms with Gasteiger partial charge in [0.1, 0.15) is 19.8 Å². The van der Waals surface area contributed by atoms with E-state index in [0.29, 0.717) is 38.5 Å². The second-order valence-electron chi connectivity index (χ2n) is 26.8. The number of unbranched alkanes of at least 4 members (excludes halogenated alkanes) is 2. The quantitative estimate of drug-likeness (QED) is 0.0136. The minimum atomic E-state index is -6.60. The summed E-state index contributed by atoms with van der Waals surface area (Å²) in [4.78, 5) is 121. The fourth-order valence-electron chi connectivity index (χ4n) is 5.63. The van der Waals surface area contributed by atoms with Gasteiger partial charge in [0.25, 0.3) is 0 Å². The molecule has 0 radical (unpaired) electrons. The van der Waals surface area contributed by atoms with Crippen LogP contribution in [0.15, 0.2) is 0 Å². The maximum absolute atomic E-state index is 12.8. The molecule has 0 aromatic heterocycles. The first kappa shape index (κ1) is 163. The second kappa shape index (κ2) is 69.3. The van der Waals surface area contributed by atoms with Crippen molar-refractivity contribution >= 4 is 136 Å². The van der Waals surface area contributed by atoms with Crippen molar-refractivity contribution in [3.05, 3.63) is 0 Å². The van der Waals surface area contributed by atoms with Crippen molar-refractivity contribution in [2.45, 2.75) is 275 Å². The predicted octanol–water partition coefficient (Wildman–Crippen LogP) is 10.8. The SMILES string of the molecule is C.C.C.C.C.C.C.CCC(C)(C)C(=O)OCCCCOC(=O)C(F)(F)S(=O)(=O)[O-].CCC(C)C(=O)OCC(F)(F)C(F)(F)S(=O)(=O)[O-].CCC(C)C(=O)OCC(F)(F)S(=O)(=O)[O-].CCC(C)C(=O)OCCCCOC(=O)C(F)(F)S(=O)(=O)[O-].CCC(C)C(=O)OCCOC(=O)C(F)(F)S(=O)(=O)[O-].CCC(C)C(=O)OCCOC(F)(F)C(F)(F)S(=O)(=O)[O-].CCC(C)C(=O)OCOC(=O)C(F)(F)S(=O)(=O)[O-]. The molecule has 6 unspecified atom stereocenters. The number of carbonyl (C=O) groups excluding carboxylic acids is 11. The van der Waals surface area contributed by atoms with Gasteiger partial charge in [0.2, 0.25) is 6.79 Å². The highest BCUT2D eigenvalue weighted by Crippen LogP contribution is 2.40. The van der Waals surface area contributed by atoms with Gasteiger partial charge >= 0.3 is 114 Å². The maximum Gasteiger partial charge on any atom is 0.433 e. The number of hydrogen-bond acceptors (Lipinski definition) is 44. The molecule has 0 amide bonds. The highest BCUT2D eigenvalue weighted by atomic mass is 32.2. The molecule has 0 N–H and O–H groups in total. The van der Waals surface area contributed by atoms with Crippen molar-refractivity contribution in [1.29, 1.82) is 0 Å². The van der Waals surface area contributed by atoms with E-state index in [4.69, 9.17) is 9.47 Å². The Morgan fingerprint density at radius 1 is 0.257 bits per heavy atom. The highest BCUT2D eigenvalue weighted by molar-refractivity contribution is 7.89. The number of halogens is 18. The lowest BCUT2D eigenvalue weighted by Crippen LogP contribution is -2.50. The topological polar surface area (TPSA) is 699 Å². The summed E-state index contributed by atoms with van der Waals surface area (Å²) in [6.45, 7) is 14.9. The molecule has 0 aliphatic heterocycles. The molecule has 0 aromatic carbocycles. The van der Waals surface area contributed by atoms with Crippen LogP contribution in [0.5, 0.6) is 0 Å². The Bertz CT molecular complexity index is 4570. The van der Waals surface area contributed by atoms with Crippen LogP contribution in [0.4, 0.5) is 79.0 Å². The van der Waals surface area contributed by atoms with Gasteiger partial charge in [-0.05, 0) is 84.5 Å². The fraction of sp³-hybridized carbons (Fsp3) is 0.845. The van der Waals surface area contributed by atoms with E-state index in [-0.39, 0.29) is 103 Å². The molecule has 44 nitrogen and oxygen atoms in total. The molecule has 0 saturated heterocycles. The van der Waals surface area contributed by atoms with Crippen LogP contribution in [0.2, 0.25) is 0 Å². The normalized spacial score (nSPS) is 13.4.